The van der Waals surface area contributed by atoms with Crippen LogP contribution in [0.2, 0.25) is 0 Å². The van der Waals surface area contributed by atoms with Gasteiger partial charge >= 0.3 is 6.18 Å². The lowest BCUT2D eigenvalue weighted by Gasteiger charge is -2.35. The second-order valence-electron chi connectivity index (χ2n) is 7.72. The van der Waals surface area contributed by atoms with Crippen LogP contribution in [0, 0.1) is 0 Å². The normalized spacial score (nSPS) is 14.2. The van der Waals surface area contributed by atoms with Gasteiger partial charge in [-0.1, -0.05) is 12.1 Å². The second-order valence-corrected chi connectivity index (χ2v) is 7.72. The summed E-state index contributed by atoms with van der Waals surface area (Å²) < 4.78 is 44.5. The summed E-state index contributed by atoms with van der Waals surface area (Å²) in [6.45, 7) is 1.32. The fraction of sp³-hybridized carbons (Fsp3) is 0.304. The summed E-state index contributed by atoms with van der Waals surface area (Å²) in [5, 5.41) is 4.33. The standard InChI is InChI=1S/C23H22F3N5O3/c1-34-18-4-2-3-16(13-18)19-6-8-21(32)31(28-19)15-22(33)30-11-9-29(10-12-30)20-7-5-17(14-27-20)23(24,25)26/h2-8,13-14H,9-12,15H2,1H3. The number of aromatic nitrogens is 3. The number of rotatable bonds is 5. The van der Waals surface area contributed by atoms with E-state index in [2.05, 4.69) is 10.1 Å². The minimum absolute atomic E-state index is 0.213. The number of pyridine rings is 1. The Morgan fingerprint density at radius 2 is 1.82 bits per heavy atom. The lowest BCUT2D eigenvalue weighted by atomic mass is 10.1. The highest BCUT2D eigenvalue weighted by Gasteiger charge is 2.31. The minimum Gasteiger partial charge on any atom is -0.497 e. The van der Waals surface area contributed by atoms with E-state index in [-0.39, 0.29) is 12.5 Å². The van der Waals surface area contributed by atoms with Crippen molar-refractivity contribution in [1.29, 1.82) is 0 Å². The highest BCUT2D eigenvalue weighted by Crippen LogP contribution is 2.29. The third-order valence-electron chi connectivity index (χ3n) is 5.55. The zero-order valence-electron chi connectivity index (χ0n) is 18.3. The summed E-state index contributed by atoms with van der Waals surface area (Å²) in [6.07, 6.45) is -3.63. The number of piperazine rings is 1. The number of methoxy groups -OCH3 is 1. The molecule has 0 radical (unpaired) electrons. The number of nitrogens with zero attached hydrogens (tertiary/aromatic N) is 5. The van der Waals surface area contributed by atoms with E-state index >= 15 is 0 Å². The maximum Gasteiger partial charge on any atom is 0.417 e. The topological polar surface area (TPSA) is 80.6 Å². The van der Waals surface area contributed by atoms with Gasteiger partial charge in [0, 0.05) is 44.0 Å². The molecule has 34 heavy (non-hydrogen) atoms. The van der Waals surface area contributed by atoms with Gasteiger partial charge in [-0.05, 0) is 30.3 Å². The van der Waals surface area contributed by atoms with Gasteiger partial charge in [0.25, 0.3) is 5.56 Å². The molecular formula is C23H22F3N5O3. The first-order valence-corrected chi connectivity index (χ1v) is 10.5. The van der Waals surface area contributed by atoms with Crippen LogP contribution in [0.5, 0.6) is 5.75 Å². The smallest absolute Gasteiger partial charge is 0.417 e. The van der Waals surface area contributed by atoms with Crippen LogP contribution in [-0.4, -0.2) is 58.9 Å². The highest BCUT2D eigenvalue weighted by molar-refractivity contribution is 5.76. The summed E-state index contributed by atoms with van der Waals surface area (Å²) in [4.78, 5) is 32.4. The molecule has 0 unspecified atom stereocenters. The SMILES string of the molecule is COc1cccc(-c2ccc(=O)n(CC(=O)N3CCN(c4ccc(C(F)(F)F)cn4)CC3)n2)c1. The molecule has 2 aromatic heterocycles. The van der Waals surface area contributed by atoms with Crippen LogP contribution < -0.4 is 15.2 Å². The van der Waals surface area contributed by atoms with Gasteiger partial charge in [0.15, 0.2) is 0 Å². The van der Waals surface area contributed by atoms with Gasteiger partial charge in [0.1, 0.15) is 18.1 Å². The number of benzene rings is 1. The van der Waals surface area contributed by atoms with Crippen LogP contribution >= 0.6 is 0 Å². The fourth-order valence-electron chi connectivity index (χ4n) is 3.65. The Labute approximate surface area is 193 Å². The summed E-state index contributed by atoms with van der Waals surface area (Å²) in [5.41, 5.74) is 0.0782. The van der Waals surface area contributed by atoms with E-state index < -0.39 is 17.3 Å². The van der Waals surface area contributed by atoms with Crippen LogP contribution in [0.1, 0.15) is 5.56 Å². The van der Waals surface area contributed by atoms with Crippen molar-refractivity contribution in [3.05, 3.63) is 70.6 Å². The molecule has 8 nitrogen and oxygen atoms in total. The van der Waals surface area contributed by atoms with E-state index in [1.165, 1.54) is 12.1 Å². The van der Waals surface area contributed by atoms with E-state index in [9.17, 15) is 22.8 Å². The molecule has 0 spiro atoms. The fourth-order valence-corrected chi connectivity index (χ4v) is 3.65. The molecule has 0 aliphatic carbocycles. The molecule has 0 saturated carbocycles. The number of hydrogen-bond acceptors (Lipinski definition) is 6. The molecule has 0 bridgehead atoms. The molecule has 1 aromatic carbocycles. The van der Waals surface area contributed by atoms with Gasteiger partial charge in [0.05, 0.1) is 18.4 Å². The maximum absolute atomic E-state index is 12.8. The maximum atomic E-state index is 12.8. The Morgan fingerprint density at radius 3 is 2.47 bits per heavy atom. The molecule has 178 valence electrons. The van der Waals surface area contributed by atoms with Gasteiger partial charge in [-0.15, -0.1) is 0 Å². The zero-order valence-corrected chi connectivity index (χ0v) is 18.3. The Bertz CT molecular complexity index is 1220. The third kappa shape index (κ3) is 5.19. The van der Waals surface area contributed by atoms with Crippen LogP contribution in [0.3, 0.4) is 0 Å². The molecule has 1 aliphatic rings. The molecule has 1 saturated heterocycles. The molecule has 0 N–H and O–H groups in total. The van der Waals surface area contributed by atoms with E-state index in [0.29, 0.717) is 43.4 Å². The highest BCUT2D eigenvalue weighted by atomic mass is 19.4. The van der Waals surface area contributed by atoms with Crippen LogP contribution in [0.15, 0.2) is 59.5 Å². The number of halogens is 3. The predicted molar refractivity (Wildman–Crippen MR) is 119 cm³/mol. The van der Waals surface area contributed by atoms with Crippen LogP contribution in [-0.2, 0) is 17.5 Å². The van der Waals surface area contributed by atoms with Gasteiger partial charge in [-0.2, -0.15) is 18.3 Å². The van der Waals surface area contributed by atoms with Gasteiger partial charge in [-0.3, -0.25) is 9.59 Å². The van der Waals surface area contributed by atoms with E-state index in [1.54, 1.807) is 36.3 Å². The van der Waals surface area contributed by atoms with Crippen molar-refractivity contribution in [2.45, 2.75) is 12.7 Å². The van der Waals surface area contributed by atoms with Crippen LogP contribution in [0.25, 0.3) is 11.3 Å². The summed E-state index contributed by atoms with van der Waals surface area (Å²) in [6, 6.07) is 12.5. The Balaban J connectivity index is 1.40. The number of ether oxygens (including phenoxy) is 1. The van der Waals surface area contributed by atoms with Crippen molar-refractivity contribution in [1.82, 2.24) is 19.7 Å². The average Bonchev–Trinajstić information content (AvgIpc) is 2.85. The summed E-state index contributed by atoms with van der Waals surface area (Å²) in [7, 11) is 1.56. The van der Waals surface area contributed by atoms with E-state index in [0.717, 1.165) is 22.5 Å². The first kappa shape index (κ1) is 23.3. The number of carbonyl (C=O) groups excluding carboxylic acids is 1. The Kier molecular flexibility index (Phi) is 6.53. The minimum atomic E-state index is -4.44. The lowest BCUT2D eigenvalue weighted by molar-refractivity contribution is -0.138. The van der Waals surface area contributed by atoms with Gasteiger partial charge in [-0.25, -0.2) is 9.67 Å². The zero-order chi connectivity index (χ0) is 24.3. The van der Waals surface area contributed by atoms with Crippen molar-refractivity contribution in [2.24, 2.45) is 0 Å². The molecule has 1 fully saturated rings. The number of alkyl halides is 3. The first-order chi connectivity index (χ1) is 16.2. The summed E-state index contributed by atoms with van der Waals surface area (Å²) >= 11 is 0. The van der Waals surface area contributed by atoms with E-state index in [1.807, 2.05) is 11.0 Å². The van der Waals surface area contributed by atoms with Gasteiger partial charge < -0.3 is 14.5 Å². The quantitative estimate of drug-likeness (QED) is 0.567. The number of carbonyl (C=O) groups is 1. The van der Waals surface area contributed by atoms with Gasteiger partial charge in [0.2, 0.25) is 5.91 Å². The largest absolute Gasteiger partial charge is 0.497 e. The van der Waals surface area contributed by atoms with Crippen molar-refractivity contribution >= 4 is 11.7 Å². The average molecular weight is 473 g/mol. The third-order valence-corrected chi connectivity index (χ3v) is 5.55. The number of hydrogen-bond donors (Lipinski definition) is 0. The summed E-state index contributed by atoms with van der Waals surface area (Å²) in [5.74, 6) is 0.801. The second kappa shape index (κ2) is 9.54. The molecule has 3 heterocycles. The van der Waals surface area contributed by atoms with Crippen molar-refractivity contribution in [2.75, 3.05) is 38.2 Å². The molecule has 11 heteroatoms. The Hall–Kier alpha value is -3.89. The van der Waals surface area contributed by atoms with Crippen LogP contribution in [0.4, 0.5) is 19.0 Å². The van der Waals surface area contributed by atoms with E-state index in [4.69, 9.17) is 4.74 Å². The molecule has 1 amide bonds. The van der Waals surface area contributed by atoms with Crippen molar-refractivity contribution < 1.29 is 22.7 Å². The number of anilines is 1. The number of amides is 1. The molecule has 0 atom stereocenters. The lowest BCUT2D eigenvalue weighted by Crippen LogP contribution is -2.50. The first-order valence-electron chi connectivity index (χ1n) is 10.5. The monoisotopic (exact) mass is 473 g/mol. The predicted octanol–water partition coefficient (Wildman–Crippen LogP) is 2.68. The van der Waals surface area contributed by atoms with Crippen molar-refractivity contribution in [3.63, 3.8) is 0 Å². The van der Waals surface area contributed by atoms with Crippen molar-refractivity contribution in [3.8, 4) is 17.0 Å². The molecule has 3 aromatic rings. The Morgan fingerprint density at radius 1 is 1.06 bits per heavy atom. The molecular weight excluding hydrogens is 451 g/mol. The molecule has 4 rings (SSSR count). The molecule has 1 aliphatic heterocycles.